The lowest BCUT2D eigenvalue weighted by atomic mass is 9.88. The zero-order chi connectivity index (χ0) is 14.7. The van der Waals surface area contributed by atoms with Gasteiger partial charge in [-0.15, -0.1) is 0 Å². The van der Waals surface area contributed by atoms with Gasteiger partial charge in [0.1, 0.15) is 0 Å². The van der Waals surface area contributed by atoms with Crippen LogP contribution < -0.4 is 0 Å². The molecule has 2 aromatic rings. The van der Waals surface area contributed by atoms with E-state index in [0.29, 0.717) is 25.2 Å². The zero-order valence-electron chi connectivity index (χ0n) is 12.6. The first kappa shape index (κ1) is 14.5. The number of para-hydroxylation sites is 1. The third kappa shape index (κ3) is 3.42. The number of nitrogens with zero attached hydrogens (tertiary/aromatic N) is 1. The van der Waals surface area contributed by atoms with Crippen molar-refractivity contribution in [3.05, 3.63) is 41.6 Å². The molecule has 1 aromatic heterocycles. The van der Waals surface area contributed by atoms with E-state index < -0.39 is 0 Å². The van der Waals surface area contributed by atoms with Crippen LogP contribution in [0.5, 0.6) is 0 Å². The minimum atomic E-state index is 0.320. The molecule has 3 rings (SSSR count). The van der Waals surface area contributed by atoms with Crippen LogP contribution in [0.2, 0.25) is 0 Å². The Hall–Kier alpha value is -1.45. The van der Waals surface area contributed by atoms with Crippen LogP contribution in [-0.2, 0) is 11.3 Å². The maximum Gasteiger partial charge on any atom is 0.0727 e. The van der Waals surface area contributed by atoms with Crippen molar-refractivity contribution < 1.29 is 9.84 Å². The highest BCUT2D eigenvalue weighted by molar-refractivity contribution is 5.82. The summed E-state index contributed by atoms with van der Waals surface area (Å²) in [6, 6.07) is 10.4. The van der Waals surface area contributed by atoms with Crippen molar-refractivity contribution in [3.63, 3.8) is 0 Å². The number of hydrogen-bond donors (Lipinski definition) is 1. The van der Waals surface area contributed by atoms with Gasteiger partial charge in [0.15, 0.2) is 0 Å². The quantitative estimate of drug-likeness (QED) is 0.933. The van der Waals surface area contributed by atoms with E-state index in [4.69, 9.17) is 4.74 Å². The Labute approximate surface area is 126 Å². The van der Waals surface area contributed by atoms with E-state index in [0.717, 1.165) is 36.9 Å². The lowest BCUT2D eigenvalue weighted by Gasteiger charge is -2.27. The summed E-state index contributed by atoms with van der Waals surface area (Å²) in [4.78, 5) is 4.57. The molecule has 3 heteroatoms. The van der Waals surface area contributed by atoms with Gasteiger partial charge in [-0.25, -0.2) is 0 Å². The molecule has 3 nitrogen and oxygen atoms in total. The van der Waals surface area contributed by atoms with Crippen LogP contribution >= 0.6 is 0 Å². The highest BCUT2D eigenvalue weighted by Crippen LogP contribution is 2.27. The Bertz CT molecular complexity index is 603. The fourth-order valence-electron chi connectivity index (χ4n) is 3.20. The number of ether oxygens (including phenoxy) is 1. The van der Waals surface area contributed by atoms with Gasteiger partial charge in [-0.05, 0) is 56.2 Å². The van der Waals surface area contributed by atoms with Gasteiger partial charge >= 0.3 is 0 Å². The Balaban J connectivity index is 1.68. The van der Waals surface area contributed by atoms with Gasteiger partial charge in [0.05, 0.1) is 18.2 Å². The standard InChI is InChI=1S/C18H23NO2/c1-13-10-15(17-4-2-3-5-18(17)19-13)12-21-16-8-6-14(11-20)7-9-16/h2-5,10,14,16,20H,6-9,11-12H2,1H3. The molecular weight excluding hydrogens is 262 g/mol. The third-order valence-electron chi connectivity index (χ3n) is 4.46. The number of rotatable bonds is 4. The number of fused-ring (bicyclic) bond motifs is 1. The second-order valence-corrected chi connectivity index (χ2v) is 6.08. The van der Waals surface area contributed by atoms with Gasteiger partial charge in [0.25, 0.3) is 0 Å². The highest BCUT2D eigenvalue weighted by Gasteiger charge is 2.21. The Morgan fingerprint density at radius 2 is 1.95 bits per heavy atom. The van der Waals surface area contributed by atoms with E-state index in [-0.39, 0.29) is 0 Å². The third-order valence-corrected chi connectivity index (χ3v) is 4.46. The lowest BCUT2D eigenvalue weighted by Crippen LogP contribution is -2.23. The van der Waals surface area contributed by atoms with E-state index in [2.05, 4.69) is 29.2 Å². The van der Waals surface area contributed by atoms with E-state index >= 15 is 0 Å². The molecule has 1 fully saturated rings. The molecule has 112 valence electrons. The summed E-state index contributed by atoms with van der Waals surface area (Å²) >= 11 is 0. The van der Waals surface area contributed by atoms with E-state index in [1.165, 1.54) is 10.9 Å². The second-order valence-electron chi connectivity index (χ2n) is 6.08. The maximum atomic E-state index is 9.19. The summed E-state index contributed by atoms with van der Waals surface area (Å²) in [6.07, 6.45) is 4.62. The van der Waals surface area contributed by atoms with Gasteiger partial charge in [0.2, 0.25) is 0 Å². The predicted molar refractivity (Wildman–Crippen MR) is 84.1 cm³/mol. The van der Waals surface area contributed by atoms with Crippen molar-refractivity contribution >= 4 is 10.9 Å². The summed E-state index contributed by atoms with van der Waals surface area (Å²) in [5.74, 6) is 0.480. The molecule has 21 heavy (non-hydrogen) atoms. The van der Waals surface area contributed by atoms with E-state index in [1.807, 2.05) is 13.0 Å². The molecule has 0 atom stereocenters. The molecule has 0 unspecified atom stereocenters. The summed E-state index contributed by atoms with van der Waals surface area (Å²) in [7, 11) is 0. The van der Waals surface area contributed by atoms with Crippen LogP contribution in [0, 0.1) is 12.8 Å². The Kier molecular flexibility index (Phi) is 4.51. The smallest absolute Gasteiger partial charge is 0.0727 e. The summed E-state index contributed by atoms with van der Waals surface area (Å²) < 4.78 is 6.12. The van der Waals surface area contributed by atoms with Crippen molar-refractivity contribution in [2.24, 2.45) is 5.92 Å². The average molecular weight is 285 g/mol. The molecule has 1 heterocycles. The molecule has 1 saturated carbocycles. The summed E-state index contributed by atoms with van der Waals surface area (Å²) in [6.45, 7) is 3.00. The molecule has 1 aromatic carbocycles. The van der Waals surface area contributed by atoms with Crippen LogP contribution in [0.15, 0.2) is 30.3 Å². The van der Waals surface area contributed by atoms with Crippen LogP contribution in [0.25, 0.3) is 10.9 Å². The minimum absolute atomic E-state index is 0.320. The van der Waals surface area contributed by atoms with Crippen molar-refractivity contribution in [3.8, 4) is 0 Å². The fourth-order valence-corrected chi connectivity index (χ4v) is 3.20. The van der Waals surface area contributed by atoms with Crippen LogP contribution in [-0.4, -0.2) is 22.8 Å². The molecule has 1 aliphatic rings. The number of pyridine rings is 1. The first-order valence-corrected chi connectivity index (χ1v) is 7.84. The normalized spacial score (nSPS) is 22.6. The van der Waals surface area contributed by atoms with Gasteiger partial charge < -0.3 is 9.84 Å². The largest absolute Gasteiger partial charge is 0.396 e. The van der Waals surface area contributed by atoms with E-state index in [9.17, 15) is 5.11 Å². The Morgan fingerprint density at radius 3 is 2.71 bits per heavy atom. The molecule has 0 spiro atoms. The molecular formula is C18H23NO2. The molecule has 0 aliphatic heterocycles. The van der Waals surface area contributed by atoms with Crippen molar-refractivity contribution in [1.29, 1.82) is 0 Å². The number of aromatic nitrogens is 1. The predicted octanol–water partition coefficient (Wildman–Crippen LogP) is 3.61. The second kappa shape index (κ2) is 6.54. The average Bonchev–Trinajstić information content (AvgIpc) is 2.53. The van der Waals surface area contributed by atoms with Crippen molar-refractivity contribution in [2.45, 2.75) is 45.3 Å². The number of aliphatic hydroxyl groups is 1. The molecule has 0 radical (unpaired) electrons. The SMILES string of the molecule is Cc1cc(COC2CCC(CO)CC2)c2ccccc2n1. The number of benzene rings is 1. The number of aliphatic hydroxyl groups excluding tert-OH is 1. The lowest BCUT2D eigenvalue weighted by molar-refractivity contribution is 0.00163. The van der Waals surface area contributed by atoms with Crippen LogP contribution in [0.4, 0.5) is 0 Å². The molecule has 0 bridgehead atoms. The molecule has 0 amide bonds. The topological polar surface area (TPSA) is 42.4 Å². The highest BCUT2D eigenvalue weighted by atomic mass is 16.5. The maximum absolute atomic E-state index is 9.19. The van der Waals surface area contributed by atoms with Gasteiger partial charge in [0, 0.05) is 17.7 Å². The van der Waals surface area contributed by atoms with Crippen molar-refractivity contribution in [2.75, 3.05) is 6.61 Å². The number of hydrogen-bond acceptors (Lipinski definition) is 3. The summed E-state index contributed by atoms with van der Waals surface area (Å²) in [5.41, 5.74) is 3.30. The zero-order valence-corrected chi connectivity index (χ0v) is 12.6. The fraction of sp³-hybridized carbons (Fsp3) is 0.500. The monoisotopic (exact) mass is 285 g/mol. The molecule has 1 N–H and O–H groups in total. The first-order valence-electron chi connectivity index (χ1n) is 7.84. The summed E-state index contributed by atoms with van der Waals surface area (Å²) in [5, 5.41) is 10.4. The van der Waals surface area contributed by atoms with Gasteiger partial charge in [-0.1, -0.05) is 18.2 Å². The van der Waals surface area contributed by atoms with Gasteiger partial charge in [-0.2, -0.15) is 0 Å². The number of aryl methyl sites for hydroxylation is 1. The molecule has 1 aliphatic carbocycles. The van der Waals surface area contributed by atoms with Crippen LogP contribution in [0.3, 0.4) is 0 Å². The molecule has 0 saturated heterocycles. The first-order chi connectivity index (χ1) is 10.3. The van der Waals surface area contributed by atoms with Crippen LogP contribution in [0.1, 0.15) is 36.9 Å². The Morgan fingerprint density at radius 1 is 1.19 bits per heavy atom. The van der Waals surface area contributed by atoms with Crippen molar-refractivity contribution in [1.82, 2.24) is 4.98 Å². The van der Waals surface area contributed by atoms with Gasteiger partial charge in [-0.3, -0.25) is 4.98 Å². The van der Waals surface area contributed by atoms with E-state index in [1.54, 1.807) is 0 Å². The minimum Gasteiger partial charge on any atom is -0.396 e.